The molecule has 0 saturated heterocycles. The molecule has 1 aromatic rings. The zero-order chi connectivity index (χ0) is 11.5. The number of nitrogens with zero attached hydrogens (tertiary/aromatic N) is 2. The third-order valence-corrected chi connectivity index (χ3v) is 3.85. The van der Waals surface area contributed by atoms with Crippen LogP contribution in [0.25, 0.3) is 0 Å². The Morgan fingerprint density at radius 1 is 1.50 bits per heavy atom. The van der Waals surface area contributed by atoms with Gasteiger partial charge in [0.2, 0.25) is 0 Å². The third kappa shape index (κ3) is 2.77. The molecule has 1 saturated carbocycles. The van der Waals surface area contributed by atoms with Crippen molar-refractivity contribution >= 4 is 11.6 Å². The molecule has 16 heavy (non-hydrogen) atoms. The molecule has 2 unspecified atom stereocenters. The van der Waals surface area contributed by atoms with E-state index in [9.17, 15) is 0 Å². The monoisotopic (exact) mass is 241 g/mol. The highest BCUT2D eigenvalue weighted by atomic mass is 35.5. The van der Waals surface area contributed by atoms with Gasteiger partial charge in [0.15, 0.2) is 0 Å². The summed E-state index contributed by atoms with van der Waals surface area (Å²) < 4.78 is 1.94. The Bertz CT molecular complexity index is 348. The first-order chi connectivity index (χ1) is 7.66. The second-order valence-electron chi connectivity index (χ2n) is 4.69. The average molecular weight is 242 g/mol. The summed E-state index contributed by atoms with van der Waals surface area (Å²) >= 11 is 6.31. The summed E-state index contributed by atoms with van der Waals surface area (Å²) in [5.41, 5.74) is 2.30. The maximum atomic E-state index is 6.31. The van der Waals surface area contributed by atoms with E-state index in [1.165, 1.54) is 25.0 Å². The second kappa shape index (κ2) is 5.19. The van der Waals surface area contributed by atoms with Gasteiger partial charge in [0.25, 0.3) is 0 Å². The van der Waals surface area contributed by atoms with E-state index in [1.54, 1.807) is 0 Å². The highest BCUT2D eigenvalue weighted by Gasteiger charge is 2.22. The van der Waals surface area contributed by atoms with Crippen LogP contribution in [0.2, 0.25) is 0 Å². The number of aromatic nitrogens is 2. The van der Waals surface area contributed by atoms with Crippen molar-refractivity contribution in [2.45, 2.75) is 50.6 Å². The highest BCUT2D eigenvalue weighted by molar-refractivity contribution is 6.21. The zero-order valence-corrected chi connectivity index (χ0v) is 10.8. The summed E-state index contributed by atoms with van der Waals surface area (Å²) in [4.78, 5) is 0. The van der Waals surface area contributed by atoms with E-state index < -0.39 is 0 Å². The van der Waals surface area contributed by atoms with Gasteiger partial charge in [-0.2, -0.15) is 5.10 Å². The quantitative estimate of drug-likeness (QED) is 0.824. The largest absolute Gasteiger partial charge is 0.307 e. The average Bonchev–Trinajstić information content (AvgIpc) is 2.56. The Kier molecular flexibility index (Phi) is 3.87. The lowest BCUT2D eigenvalue weighted by Crippen LogP contribution is -2.39. The predicted molar refractivity (Wildman–Crippen MR) is 66.7 cm³/mol. The molecule has 2 atom stereocenters. The van der Waals surface area contributed by atoms with Gasteiger partial charge in [0.05, 0.1) is 11.4 Å². The van der Waals surface area contributed by atoms with Crippen molar-refractivity contribution in [1.29, 1.82) is 0 Å². The lowest BCUT2D eigenvalue weighted by atomic mass is 9.95. The van der Waals surface area contributed by atoms with Gasteiger partial charge in [0, 0.05) is 25.0 Å². The highest BCUT2D eigenvalue weighted by Crippen LogP contribution is 2.23. The molecule has 1 aromatic heterocycles. The summed E-state index contributed by atoms with van der Waals surface area (Å²) in [5, 5.41) is 8.18. The van der Waals surface area contributed by atoms with E-state index in [0.717, 1.165) is 18.7 Å². The summed E-state index contributed by atoms with van der Waals surface area (Å²) in [6.07, 6.45) is 4.91. The van der Waals surface area contributed by atoms with Crippen LogP contribution in [0.5, 0.6) is 0 Å². The molecule has 3 nitrogen and oxygen atoms in total. The number of nitrogens with one attached hydrogen (secondary N) is 1. The molecule has 1 heterocycles. The maximum absolute atomic E-state index is 6.31. The summed E-state index contributed by atoms with van der Waals surface area (Å²) in [6, 6.07) is 2.59. The SMILES string of the molecule is Cc1cc(CNC2CCCCC2Cl)n(C)n1. The Hall–Kier alpha value is -0.540. The molecule has 1 aliphatic rings. The van der Waals surface area contributed by atoms with E-state index in [1.807, 2.05) is 18.7 Å². The topological polar surface area (TPSA) is 29.9 Å². The first-order valence-electron chi connectivity index (χ1n) is 6.04. The molecule has 0 spiro atoms. The van der Waals surface area contributed by atoms with Crippen molar-refractivity contribution in [2.24, 2.45) is 7.05 Å². The van der Waals surface area contributed by atoms with Crippen molar-refractivity contribution < 1.29 is 0 Å². The molecule has 0 amide bonds. The Morgan fingerprint density at radius 2 is 2.25 bits per heavy atom. The minimum Gasteiger partial charge on any atom is -0.307 e. The lowest BCUT2D eigenvalue weighted by Gasteiger charge is -2.27. The minimum atomic E-state index is 0.295. The first kappa shape index (κ1) is 11.9. The smallest absolute Gasteiger partial charge is 0.0597 e. The van der Waals surface area contributed by atoms with Gasteiger partial charge in [-0.3, -0.25) is 4.68 Å². The minimum absolute atomic E-state index is 0.295. The van der Waals surface area contributed by atoms with E-state index in [2.05, 4.69) is 16.5 Å². The number of aryl methyl sites for hydroxylation is 2. The van der Waals surface area contributed by atoms with E-state index in [4.69, 9.17) is 11.6 Å². The van der Waals surface area contributed by atoms with Crippen LogP contribution in [-0.2, 0) is 13.6 Å². The molecule has 0 aliphatic heterocycles. The zero-order valence-electron chi connectivity index (χ0n) is 10.0. The Labute approximate surface area is 102 Å². The fourth-order valence-electron chi connectivity index (χ4n) is 2.38. The van der Waals surface area contributed by atoms with Crippen LogP contribution in [0.1, 0.15) is 37.1 Å². The third-order valence-electron chi connectivity index (χ3n) is 3.33. The standard InChI is InChI=1S/C12H20ClN3/c1-9-7-10(16(2)15-9)8-14-12-6-4-3-5-11(12)13/h7,11-12,14H,3-6,8H2,1-2H3. The van der Waals surface area contributed by atoms with Gasteiger partial charge in [-0.25, -0.2) is 0 Å². The van der Waals surface area contributed by atoms with Gasteiger partial charge in [-0.1, -0.05) is 12.8 Å². The fraction of sp³-hybridized carbons (Fsp3) is 0.750. The first-order valence-corrected chi connectivity index (χ1v) is 6.47. The van der Waals surface area contributed by atoms with Crippen LogP contribution in [0.4, 0.5) is 0 Å². The number of hydrogen-bond acceptors (Lipinski definition) is 2. The van der Waals surface area contributed by atoms with Crippen molar-refractivity contribution in [3.05, 3.63) is 17.5 Å². The normalized spacial score (nSPS) is 25.9. The van der Waals surface area contributed by atoms with Crippen LogP contribution in [0, 0.1) is 6.92 Å². The summed E-state index contributed by atoms with van der Waals surface area (Å²) in [6.45, 7) is 2.89. The van der Waals surface area contributed by atoms with Crippen LogP contribution in [0.15, 0.2) is 6.07 Å². The van der Waals surface area contributed by atoms with E-state index in [-0.39, 0.29) is 0 Å². The van der Waals surface area contributed by atoms with Gasteiger partial charge < -0.3 is 5.32 Å². The summed E-state index contributed by atoms with van der Waals surface area (Å²) in [5.74, 6) is 0. The number of halogens is 1. The molecule has 90 valence electrons. The lowest BCUT2D eigenvalue weighted by molar-refractivity contribution is 0.374. The Balaban J connectivity index is 1.89. The number of hydrogen-bond donors (Lipinski definition) is 1. The number of rotatable bonds is 3. The molecule has 1 aliphatic carbocycles. The van der Waals surface area contributed by atoms with Crippen LogP contribution in [0.3, 0.4) is 0 Å². The number of alkyl halides is 1. The maximum Gasteiger partial charge on any atom is 0.0597 e. The van der Waals surface area contributed by atoms with E-state index >= 15 is 0 Å². The molecular formula is C12H20ClN3. The van der Waals surface area contributed by atoms with Gasteiger partial charge in [-0.15, -0.1) is 11.6 Å². The molecule has 4 heteroatoms. The van der Waals surface area contributed by atoms with E-state index in [0.29, 0.717) is 11.4 Å². The van der Waals surface area contributed by atoms with Crippen LogP contribution in [-0.4, -0.2) is 21.2 Å². The molecule has 0 aromatic carbocycles. The van der Waals surface area contributed by atoms with Crippen molar-refractivity contribution in [1.82, 2.24) is 15.1 Å². The molecule has 2 rings (SSSR count). The Morgan fingerprint density at radius 3 is 2.88 bits per heavy atom. The predicted octanol–water partition coefficient (Wildman–Crippen LogP) is 2.37. The van der Waals surface area contributed by atoms with Gasteiger partial charge in [0.1, 0.15) is 0 Å². The molecule has 1 fully saturated rings. The van der Waals surface area contributed by atoms with Crippen molar-refractivity contribution in [3.8, 4) is 0 Å². The van der Waals surface area contributed by atoms with Gasteiger partial charge in [-0.05, 0) is 25.8 Å². The fourth-order valence-corrected chi connectivity index (χ4v) is 2.75. The van der Waals surface area contributed by atoms with Crippen molar-refractivity contribution in [3.63, 3.8) is 0 Å². The molecule has 1 N–H and O–H groups in total. The van der Waals surface area contributed by atoms with Gasteiger partial charge >= 0.3 is 0 Å². The van der Waals surface area contributed by atoms with Crippen LogP contribution >= 0.6 is 11.6 Å². The molecule has 0 bridgehead atoms. The molecule has 0 radical (unpaired) electrons. The van der Waals surface area contributed by atoms with Crippen molar-refractivity contribution in [2.75, 3.05) is 0 Å². The second-order valence-corrected chi connectivity index (χ2v) is 5.25. The molecular weight excluding hydrogens is 222 g/mol. The van der Waals surface area contributed by atoms with Crippen LogP contribution < -0.4 is 5.32 Å². The summed E-state index contributed by atoms with van der Waals surface area (Å²) in [7, 11) is 1.99.